The van der Waals surface area contributed by atoms with Gasteiger partial charge in [-0.05, 0) is 30.5 Å². The van der Waals surface area contributed by atoms with E-state index in [-0.39, 0.29) is 11.8 Å². The predicted molar refractivity (Wildman–Crippen MR) is 80.2 cm³/mol. The molecule has 1 aromatic rings. The molecule has 6 nitrogen and oxygen atoms in total. The Kier molecular flexibility index (Phi) is 5.25. The molecule has 0 saturated carbocycles. The summed E-state index contributed by atoms with van der Waals surface area (Å²) in [5.41, 5.74) is 0.418. The van der Waals surface area contributed by atoms with Gasteiger partial charge in [0.15, 0.2) is 11.5 Å². The van der Waals surface area contributed by atoms with Crippen LogP contribution in [0.15, 0.2) is 18.2 Å². The molecule has 1 aliphatic heterocycles. The van der Waals surface area contributed by atoms with E-state index >= 15 is 0 Å². The third kappa shape index (κ3) is 3.90. The zero-order valence-corrected chi connectivity index (χ0v) is 13.0. The SMILES string of the molecule is COC(=O)[C@H](CC(C)C)NC(=O)c1ccc2c(c1)OCCO2. The smallest absolute Gasteiger partial charge is 0.328 e. The van der Waals surface area contributed by atoms with E-state index < -0.39 is 12.0 Å². The number of methoxy groups -OCH3 is 1. The van der Waals surface area contributed by atoms with Gasteiger partial charge in [0.05, 0.1) is 7.11 Å². The van der Waals surface area contributed by atoms with Gasteiger partial charge < -0.3 is 19.5 Å². The average Bonchev–Trinajstić information content (AvgIpc) is 2.52. The number of carbonyl (C=O) groups excluding carboxylic acids is 2. The molecule has 1 aliphatic rings. The van der Waals surface area contributed by atoms with Gasteiger partial charge in [0.25, 0.3) is 5.91 Å². The zero-order chi connectivity index (χ0) is 16.1. The summed E-state index contributed by atoms with van der Waals surface area (Å²) in [5, 5.41) is 2.71. The molecular weight excluding hydrogens is 286 g/mol. The first-order valence-electron chi connectivity index (χ1n) is 7.29. The Morgan fingerprint density at radius 3 is 2.55 bits per heavy atom. The minimum absolute atomic E-state index is 0.254. The lowest BCUT2D eigenvalue weighted by Gasteiger charge is -2.20. The molecule has 2 rings (SSSR count). The van der Waals surface area contributed by atoms with Crippen LogP contribution < -0.4 is 14.8 Å². The van der Waals surface area contributed by atoms with Crippen molar-refractivity contribution >= 4 is 11.9 Å². The topological polar surface area (TPSA) is 73.9 Å². The zero-order valence-electron chi connectivity index (χ0n) is 13.0. The van der Waals surface area contributed by atoms with Gasteiger partial charge in [0, 0.05) is 5.56 Å². The number of fused-ring (bicyclic) bond motifs is 1. The van der Waals surface area contributed by atoms with Crippen molar-refractivity contribution in [2.24, 2.45) is 5.92 Å². The molecule has 0 unspecified atom stereocenters. The average molecular weight is 307 g/mol. The number of esters is 1. The first-order valence-corrected chi connectivity index (χ1v) is 7.29. The Labute approximate surface area is 129 Å². The van der Waals surface area contributed by atoms with E-state index in [0.717, 1.165) is 0 Å². The third-order valence-electron chi connectivity index (χ3n) is 3.30. The molecular formula is C16H21NO5. The highest BCUT2D eigenvalue weighted by Crippen LogP contribution is 2.30. The van der Waals surface area contributed by atoms with Gasteiger partial charge in [-0.1, -0.05) is 13.8 Å². The number of hydrogen-bond donors (Lipinski definition) is 1. The van der Waals surface area contributed by atoms with Crippen LogP contribution in [-0.4, -0.2) is 38.2 Å². The molecule has 0 bridgehead atoms. The van der Waals surface area contributed by atoms with Crippen LogP contribution in [0.2, 0.25) is 0 Å². The molecule has 0 aliphatic carbocycles. The lowest BCUT2D eigenvalue weighted by molar-refractivity contribution is -0.143. The number of rotatable bonds is 5. The molecule has 1 heterocycles. The van der Waals surface area contributed by atoms with Crippen LogP contribution in [0, 0.1) is 5.92 Å². The van der Waals surface area contributed by atoms with E-state index in [0.29, 0.717) is 36.7 Å². The van der Waals surface area contributed by atoms with Gasteiger partial charge in [-0.15, -0.1) is 0 Å². The summed E-state index contributed by atoms with van der Waals surface area (Å²) in [6.45, 7) is 4.91. The van der Waals surface area contributed by atoms with Gasteiger partial charge in [-0.2, -0.15) is 0 Å². The molecule has 0 aromatic heterocycles. The maximum absolute atomic E-state index is 12.3. The van der Waals surface area contributed by atoms with Gasteiger partial charge in [0.1, 0.15) is 19.3 Å². The molecule has 6 heteroatoms. The lowest BCUT2D eigenvalue weighted by Crippen LogP contribution is -2.42. The second kappa shape index (κ2) is 7.15. The van der Waals surface area contributed by atoms with Crippen LogP contribution >= 0.6 is 0 Å². The van der Waals surface area contributed by atoms with Crippen LogP contribution in [0.1, 0.15) is 30.6 Å². The van der Waals surface area contributed by atoms with Crippen LogP contribution in [0.5, 0.6) is 11.5 Å². The summed E-state index contributed by atoms with van der Waals surface area (Å²) in [6.07, 6.45) is 0.517. The molecule has 1 aromatic carbocycles. The van der Waals surface area contributed by atoms with Gasteiger partial charge in [-0.3, -0.25) is 4.79 Å². The highest BCUT2D eigenvalue weighted by Gasteiger charge is 2.24. The number of nitrogens with one attached hydrogen (secondary N) is 1. The molecule has 1 N–H and O–H groups in total. The van der Waals surface area contributed by atoms with E-state index in [1.54, 1.807) is 18.2 Å². The standard InChI is InChI=1S/C16H21NO5/c1-10(2)8-12(16(19)20-3)17-15(18)11-4-5-13-14(9-11)22-7-6-21-13/h4-5,9-10,12H,6-8H2,1-3H3,(H,17,18)/t12-/m0/s1. The van der Waals surface area contributed by atoms with Crippen molar-refractivity contribution in [3.63, 3.8) is 0 Å². The predicted octanol–water partition coefficient (Wildman–Crippen LogP) is 1.78. The van der Waals surface area contributed by atoms with Gasteiger partial charge >= 0.3 is 5.97 Å². The van der Waals surface area contributed by atoms with Crippen LogP contribution in [-0.2, 0) is 9.53 Å². The van der Waals surface area contributed by atoms with E-state index in [9.17, 15) is 9.59 Å². The summed E-state index contributed by atoms with van der Waals surface area (Å²) in [4.78, 5) is 24.1. The van der Waals surface area contributed by atoms with E-state index in [2.05, 4.69) is 5.32 Å². The van der Waals surface area contributed by atoms with E-state index in [1.807, 2.05) is 13.8 Å². The second-order valence-electron chi connectivity index (χ2n) is 5.54. The number of benzene rings is 1. The van der Waals surface area contributed by atoms with Crippen LogP contribution in [0.25, 0.3) is 0 Å². The Balaban J connectivity index is 2.11. The number of amides is 1. The van der Waals surface area contributed by atoms with Gasteiger partial charge in [-0.25, -0.2) is 4.79 Å². The van der Waals surface area contributed by atoms with Crippen molar-refractivity contribution in [1.29, 1.82) is 0 Å². The van der Waals surface area contributed by atoms with Gasteiger partial charge in [0.2, 0.25) is 0 Å². The van der Waals surface area contributed by atoms with E-state index in [4.69, 9.17) is 14.2 Å². The summed E-state index contributed by atoms with van der Waals surface area (Å²) < 4.78 is 15.6. The molecule has 0 radical (unpaired) electrons. The highest BCUT2D eigenvalue weighted by molar-refractivity contribution is 5.97. The van der Waals surface area contributed by atoms with Crippen molar-refractivity contribution in [2.45, 2.75) is 26.3 Å². The Morgan fingerprint density at radius 1 is 1.23 bits per heavy atom. The number of ether oxygens (including phenoxy) is 3. The fourth-order valence-corrected chi connectivity index (χ4v) is 2.25. The van der Waals surface area contributed by atoms with Crippen molar-refractivity contribution in [1.82, 2.24) is 5.32 Å². The largest absolute Gasteiger partial charge is 0.486 e. The Bertz CT molecular complexity index is 555. The summed E-state index contributed by atoms with van der Waals surface area (Å²) in [6, 6.07) is 4.30. The van der Waals surface area contributed by atoms with Crippen molar-refractivity contribution in [3.8, 4) is 11.5 Å². The van der Waals surface area contributed by atoms with Crippen molar-refractivity contribution < 1.29 is 23.8 Å². The summed E-state index contributed by atoms with van der Waals surface area (Å²) in [5.74, 6) is 0.629. The minimum Gasteiger partial charge on any atom is -0.486 e. The first kappa shape index (κ1) is 16.1. The maximum atomic E-state index is 12.3. The monoisotopic (exact) mass is 307 g/mol. The number of hydrogen-bond acceptors (Lipinski definition) is 5. The van der Waals surface area contributed by atoms with Crippen molar-refractivity contribution in [3.05, 3.63) is 23.8 Å². The molecule has 0 fully saturated rings. The third-order valence-corrected chi connectivity index (χ3v) is 3.30. The summed E-state index contributed by atoms with van der Waals surface area (Å²) >= 11 is 0. The molecule has 120 valence electrons. The first-order chi connectivity index (χ1) is 10.5. The van der Waals surface area contributed by atoms with Crippen LogP contribution in [0.4, 0.5) is 0 Å². The minimum atomic E-state index is -0.661. The Hall–Kier alpha value is -2.24. The Morgan fingerprint density at radius 2 is 1.91 bits per heavy atom. The molecule has 1 atom stereocenters. The fraction of sp³-hybridized carbons (Fsp3) is 0.500. The van der Waals surface area contributed by atoms with Crippen LogP contribution in [0.3, 0.4) is 0 Å². The molecule has 22 heavy (non-hydrogen) atoms. The van der Waals surface area contributed by atoms with E-state index in [1.165, 1.54) is 7.11 Å². The second-order valence-corrected chi connectivity index (χ2v) is 5.54. The quantitative estimate of drug-likeness (QED) is 0.839. The normalized spacial score (nSPS) is 14.4. The highest BCUT2D eigenvalue weighted by atomic mass is 16.6. The lowest BCUT2D eigenvalue weighted by atomic mass is 10.0. The molecule has 1 amide bonds. The maximum Gasteiger partial charge on any atom is 0.328 e. The summed E-state index contributed by atoms with van der Waals surface area (Å²) in [7, 11) is 1.31. The number of carbonyl (C=O) groups is 2. The molecule has 0 saturated heterocycles. The van der Waals surface area contributed by atoms with Crippen molar-refractivity contribution in [2.75, 3.05) is 20.3 Å². The fourth-order valence-electron chi connectivity index (χ4n) is 2.25. The molecule has 0 spiro atoms.